The minimum absolute atomic E-state index is 0.116. The van der Waals surface area contributed by atoms with Crippen LogP contribution in [0.2, 0.25) is 0 Å². The number of ketones is 1. The molecule has 6 rings (SSSR count). The first-order chi connectivity index (χ1) is 16.4. The van der Waals surface area contributed by atoms with Crippen LogP contribution in [0.15, 0.2) is 24.3 Å². The molecule has 5 aliphatic rings. The number of amides is 1. The fourth-order valence-corrected chi connectivity index (χ4v) is 8.26. The number of esters is 1. The van der Waals surface area contributed by atoms with Crippen LogP contribution in [0.1, 0.15) is 24.8 Å². The Labute approximate surface area is 197 Å². The van der Waals surface area contributed by atoms with Gasteiger partial charge in [0.05, 0.1) is 39.5 Å². The summed E-state index contributed by atoms with van der Waals surface area (Å²) in [6, 6.07) is 3.53. The van der Waals surface area contributed by atoms with E-state index < -0.39 is 34.3 Å². The molecule has 9 heteroatoms. The van der Waals surface area contributed by atoms with Gasteiger partial charge in [-0.25, -0.2) is 9.59 Å². The highest BCUT2D eigenvalue weighted by Crippen LogP contribution is 2.74. The molecule has 4 bridgehead atoms. The van der Waals surface area contributed by atoms with Gasteiger partial charge in [-0.15, -0.1) is 0 Å². The first-order valence-corrected chi connectivity index (χ1v) is 11.5. The molecule has 5 atom stereocenters. The maximum Gasteiger partial charge on any atom is 0.415 e. The molecule has 3 aliphatic heterocycles. The topological polar surface area (TPSA) is 94.6 Å². The Hall–Kier alpha value is -3.07. The molecule has 1 spiro atoms. The molecule has 1 unspecified atom stereocenters. The fourth-order valence-electron chi connectivity index (χ4n) is 8.26. The van der Waals surface area contributed by atoms with E-state index in [1.807, 2.05) is 6.07 Å². The molecule has 9 nitrogen and oxygen atoms in total. The Morgan fingerprint density at radius 2 is 1.85 bits per heavy atom. The van der Waals surface area contributed by atoms with E-state index >= 15 is 0 Å². The highest BCUT2D eigenvalue weighted by atomic mass is 16.6. The number of ether oxygens (including phenoxy) is 4. The van der Waals surface area contributed by atoms with E-state index in [2.05, 4.69) is 17.1 Å². The standard InChI is InChI=1S/C25H28N2O7/c1-31-17-7-6-14-18(19(17)32-2)27(22(30)34-4)24(21(29)33-3)10-9-23-8-5-11-26-13-15(16(28)12-23)25(14,24)20(23)26/h5-8,15,20H,9-13H2,1-4H3/t15?,20-,23-,24-,25-/m1/s1. The van der Waals surface area contributed by atoms with E-state index in [0.717, 1.165) is 5.56 Å². The van der Waals surface area contributed by atoms with Crippen LogP contribution in [-0.4, -0.2) is 75.9 Å². The highest BCUT2D eigenvalue weighted by Gasteiger charge is 2.84. The second-order valence-electron chi connectivity index (χ2n) is 9.91. The minimum atomic E-state index is -1.45. The van der Waals surface area contributed by atoms with Crippen molar-refractivity contribution in [2.75, 3.05) is 46.4 Å². The van der Waals surface area contributed by atoms with Gasteiger partial charge in [0.1, 0.15) is 5.78 Å². The van der Waals surface area contributed by atoms with Gasteiger partial charge in [0, 0.05) is 36.9 Å². The van der Waals surface area contributed by atoms with E-state index in [4.69, 9.17) is 18.9 Å². The summed E-state index contributed by atoms with van der Waals surface area (Å²) in [4.78, 5) is 45.0. The number of Topliss-reactive ketones (excluding diaryl/α,β-unsaturated/α-hetero) is 1. The van der Waals surface area contributed by atoms with Crippen LogP contribution < -0.4 is 14.4 Å². The smallest absolute Gasteiger partial charge is 0.415 e. The molecule has 1 aromatic carbocycles. The fraction of sp³-hybridized carbons (Fsp3) is 0.560. The first-order valence-electron chi connectivity index (χ1n) is 11.5. The second-order valence-corrected chi connectivity index (χ2v) is 9.91. The number of hydrogen-bond acceptors (Lipinski definition) is 8. The highest BCUT2D eigenvalue weighted by molar-refractivity contribution is 6.08. The second kappa shape index (κ2) is 6.75. The van der Waals surface area contributed by atoms with Crippen molar-refractivity contribution in [1.82, 2.24) is 4.90 Å². The number of hydrogen-bond donors (Lipinski definition) is 0. The molecule has 3 heterocycles. The van der Waals surface area contributed by atoms with Crippen molar-refractivity contribution in [1.29, 1.82) is 0 Å². The summed E-state index contributed by atoms with van der Waals surface area (Å²) in [6.45, 7) is 1.22. The van der Waals surface area contributed by atoms with Crippen molar-refractivity contribution in [2.45, 2.75) is 36.3 Å². The maximum atomic E-state index is 14.0. The van der Waals surface area contributed by atoms with Crippen LogP contribution in [0.25, 0.3) is 0 Å². The lowest BCUT2D eigenvalue weighted by Gasteiger charge is -2.63. The third-order valence-corrected chi connectivity index (χ3v) is 9.08. The Balaban J connectivity index is 1.79. The summed E-state index contributed by atoms with van der Waals surface area (Å²) in [6.07, 6.45) is 4.97. The quantitative estimate of drug-likeness (QED) is 0.492. The molecule has 3 fully saturated rings. The number of anilines is 1. The van der Waals surface area contributed by atoms with Crippen LogP contribution in [0.3, 0.4) is 0 Å². The van der Waals surface area contributed by atoms with Gasteiger partial charge < -0.3 is 18.9 Å². The predicted octanol–water partition coefficient (Wildman–Crippen LogP) is 2.06. The third kappa shape index (κ3) is 2.01. The Bertz CT molecular complexity index is 1160. The van der Waals surface area contributed by atoms with E-state index in [-0.39, 0.29) is 11.8 Å². The van der Waals surface area contributed by atoms with E-state index in [0.29, 0.717) is 49.5 Å². The van der Waals surface area contributed by atoms with Gasteiger partial charge in [-0.3, -0.25) is 14.6 Å². The Kier molecular flexibility index (Phi) is 4.26. The van der Waals surface area contributed by atoms with E-state index in [1.165, 1.54) is 33.3 Å². The van der Waals surface area contributed by atoms with Crippen LogP contribution in [0.5, 0.6) is 11.5 Å². The molecule has 1 amide bonds. The van der Waals surface area contributed by atoms with Crippen LogP contribution >= 0.6 is 0 Å². The predicted molar refractivity (Wildman–Crippen MR) is 120 cm³/mol. The third-order valence-electron chi connectivity index (χ3n) is 9.08. The van der Waals surface area contributed by atoms with Gasteiger partial charge in [0.15, 0.2) is 17.0 Å². The van der Waals surface area contributed by atoms with Crippen molar-refractivity contribution >= 4 is 23.5 Å². The average Bonchev–Trinajstić information content (AvgIpc) is 3.32. The first kappa shape index (κ1) is 21.5. The normalized spacial score (nSPS) is 36.6. The SMILES string of the molecule is COC(=O)N1c2c(ccc(OC)c2OC)[C@]23C4CN5CC=C[C@@](CC[C@]12C(=O)OC)(CC4=O)[C@@H]53. The zero-order valence-corrected chi connectivity index (χ0v) is 19.8. The van der Waals surface area contributed by atoms with Crippen LogP contribution in [-0.2, 0) is 24.5 Å². The Morgan fingerprint density at radius 3 is 2.53 bits per heavy atom. The number of nitrogens with zero attached hydrogens (tertiary/aromatic N) is 2. The molecule has 1 saturated heterocycles. The molecule has 0 radical (unpaired) electrons. The van der Waals surface area contributed by atoms with Crippen molar-refractivity contribution in [3.8, 4) is 11.5 Å². The molecule has 34 heavy (non-hydrogen) atoms. The van der Waals surface area contributed by atoms with Gasteiger partial charge in [-0.1, -0.05) is 18.2 Å². The number of fused-ring (bicyclic) bond motifs is 1. The molecule has 2 aliphatic carbocycles. The summed E-state index contributed by atoms with van der Waals surface area (Å²) >= 11 is 0. The molecular weight excluding hydrogens is 440 g/mol. The van der Waals surface area contributed by atoms with Gasteiger partial charge in [-0.05, 0) is 24.5 Å². The molecule has 180 valence electrons. The van der Waals surface area contributed by atoms with Gasteiger partial charge >= 0.3 is 12.1 Å². The maximum absolute atomic E-state index is 14.0. The monoisotopic (exact) mass is 468 g/mol. The Morgan fingerprint density at radius 1 is 1.06 bits per heavy atom. The largest absolute Gasteiger partial charge is 0.493 e. The van der Waals surface area contributed by atoms with Crippen molar-refractivity contribution in [3.05, 3.63) is 29.8 Å². The molecule has 0 aromatic heterocycles. The number of methoxy groups -OCH3 is 4. The van der Waals surface area contributed by atoms with Gasteiger partial charge in [-0.2, -0.15) is 0 Å². The number of benzene rings is 1. The van der Waals surface area contributed by atoms with Crippen molar-refractivity contribution in [3.63, 3.8) is 0 Å². The average molecular weight is 469 g/mol. The summed E-state index contributed by atoms with van der Waals surface area (Å²) in [5.74, 6) is -0.142. The molecular formula is C25H28N2O7. The van der Waals surface area contributed by atoms with Crippen LogP contribution in [0, 0.1) is 11.3 Å². The number of carbonyl (C=O) groups excluding carboxylic acids is 3. The summed E-state index contributed by atoms with van der Waals surface area (Å²) in [7, 11) is 5.64. The summed E-state index contributed by atoms with van der Waals surface area (Å²) < 4.78 is 22.0. The molecule has 0 N–H and O–H groups in total. The zero-order chi connectivity index (χ0) is 24.0. The molecule has 1 aromatic rings. The number of rotatable bonds is 3. The van der Waals surface area contributed by atoms with Crippen LogP contribution in [0.4, 0.5) is 10.5 Å². The van der Waals surface area contributed by atoms with Gasteiger partial charge in [0.25, 0.3) is 0 Å². The lowest BCUT2D eigenvalue weighted by atomic mass is 9.42. The molecule has 2 saturated carbocycles. The van der Waals surface area contributed by atoms with E-state index in [1.54, 1.807) is 6.07 Å². The zero-order valence-electron chi connectivity index (χ0n) is 19.8. The number of carbonyl (C=O) groups is 3. The minimum Gasteiger partial charge on any atom is -0.493 e. The summed E-state index contributed by atoms with van der Waals surface area (Å²) in [5.41, 5.74) is -1.69. The lowest BCUT2D eigenvalue weighted by molar-refractivity contribution is -0.161. The lowest BCUT2D eigenvalue weighted by Crippen LogP contribution is -2.78. The van der Waals surface area contributed by atoms with E-state index in [9.17, 15) is 14.4 Å². The van der Waals surface area contributed by atoms with Crippen molar-refractivity contribution < 1.29 is 33.3 Å². The van der Waals surface area contributed by atoms with Crippen molar-refractivity contribution in [2.24, 2.45) is 11.3 Å². The van der Waals surface area contributed by atoms with Gasteiger partial charge in [0.2, 0.25) is 0 Å². The summed E-state index contributed by atoms with van der Waals surface area (Å²) in [5, 5.41) is 0.